The molecule has 1 fully saturated rings. The Morgan fingerprint density at radius 1 is 1.03 bits per heavy atom. The predicted octanol–water partition coefficient (Wildman–Crippen LogP) is 5.10. The fourth-order valence-corrected chi connectivity index (χ4v) is 3.93. The zero-order valence-corrected chi connectivity index (χ0v) is 18.3. The van der Waals surface area contributed by atoms with Crippen molar-refractivity contribution in [1.29, 1.82) is 0 Å². The first-order valence-corrected chi connectivity index (χ1v) is 10.5. The predicted molar refractivity (Wildman–Crippen MR) is 118 cm³/mol. The minimum atomic E-state index is -0.708. The Morgan fingerprint density at radius 2 is 1.70 bits per heavy atom. The molecule has 2 aromatic carbocycles. The molecule has 2 aromatic rings. The van der Waals surface area contributed by atoms with E-state index in [9.17, 15) is 9.59 Å². The maximum Gasteiger partial charge on any atom is 0.411 e. The maximum atomic E-state index is 12.7. The number of amides is 2. The van der Waals surface area contributed by atoms with Gasteiger partial charge >= 0.3 is 6.09 Å². The Labute approximate surface area is 189 Å². The number of nitrogens with one attached hydrogen (secondary N) is 2. The summed E-state index contributed by atoms with van der Waals surface area (Å²) in [6.45, 7) is 0.924. The largest absolute Gasteiger partial charge is 0.447 e. The third-order valence-electron chi connectivity index (χ3n) is 4.75. The van der Waals surface area contributed by atoms with Crippen LogP contribution in [0.4, 0.5) is 10.5 Å². The summed E-state index contributed by atoms with van der Waals surface area (Å²) < 4.78 is 10.8. The van der Waals surface area contributed by atoms with Crippen LogP contribution < -0.4 is 10.6 Å². The van der Waals surface area contributed by atoms with Gasteiger partial charge in [-0.2, -0.15) is 0 Å². The molecule has 0 saturated carbocycles. The molecule has 3 rings (SSSR count). The fourth-order valence-electron chi connectivity index (χ4n) is 3.21. The van der Waals surface area contributed by atoms with E-state index in [1.807, 2.05) is 12.1 Å². The molecule has 0 aromatic heterocycles. The summed E-state index contributed by atoms with van der Waals surface area (Å²) in [5, 5.41) is 6.93. The molecule has 6 nitrogen and oxygen atoms in total. The van der Waals surface area contributed by atoms with Crippen molar-refractivity contribution in [3.8, 4) is 0 Å². The van der Waals surface area contributed by atoms with Crippen LogP contribution in [0.5, 0.6) is 0 Å². The Hall–Kier alpha value is -1.99. The number of hydrogen-bond acceptors (Lipinski definition) is 4. The van der Waals surface area contributed by atoms with Gasteiger partial charge in [-0.1, -0.05) is 53.0 Å². The molecular weight excluding hydrogens is 451 g/mol. The zero-order valence-electron chi connectivity index (χ0n) is 16.1. The molecule has 1 heterocycles. The number of carbonyl (C=O) groups excluding carboxylic acids is 2. The van der Waals surface area contributed by atoms with Crippen LogP contribution in [0.1, 0.15) is 18.4 Å². The minimum Gasteiger partial charge on any atom is -0.447 e. The van der Waals surface area contributed by atoms with Crippen LogP contribution in [0.2, 0.25) is 15.1 Å². The standard InChI is InChI=1S/C21H21Cl3N2O4/c22-15-10-16(23)12-17(11-15)25-20(28)30-13-21(5-7-29-8-6-21)26-19(27)9-14-3-1-2-4-18(14)24/h1-4,10-12H,5-9,13H2,(H,25,28)(H,26,27). The third-order valence-corrected chi connectivity index (χ3v) is 5.56. The Morgan fingerprint density at radius 3 is 2.37 bits per heavy atom. The summed E-state index contributed by atoms with van der Waals surface area (Å²) in [4.78, 5) is 24.9. The highest BCUT2D eigenvalue weighted by atomic mass is 35.5. The molecule has 0 bridgehead atoms. The van der Waals surface area contributed by atoms with E-state index in [2.05, 4.69) is 10.6 Å². The quantitative estimate of drug-likeness (QED) is 0.614. The number of rotatable bonds is 6. The summed E-state index contributed by atoms with van der Waals surface area (Å²) in [7, 11) is 0. The van der Waals surface area contributed by atoms with Gasteiger partial charge in [0.2, 0.25) is 5.91 Å². The van der Waals surface area contributed by atoms with Crippen molar-refractivity contribution in [2.75, 3.05) is 25.1 Å². The van der Waals surface area contributed by atoms with Crippen molar-refractivity contribution in [2.45, 2.75) is 24.8 Å². The second-order valence-corrected chi connectivity index (χ2v) is 8.35. The average molecular weight is 472 g/mol. The number of anilines is 1. The maximum absolute atomic E-state index is 12.7. The first-order chi connectivity index (χ1) is 14.3. The fraction of sp³-hybridized carbons (Fsp3) is 0.333. The monoisotopic (exact) mass is 470 g/mol. The second kappa shape index (κ2) is 10.4. The van der Waals surface area contributed by atoms with Crippen LogP contribution in [0.3, 0.4) is 0 Å². The molecule has 160 valence electrons. The van der Waals surface area contributed by atoms with Gasteiger partial charge in [0.05, 0.1) is 12.0 Å². The van der Waals surface area contributed by atoms with Gasteiger partial charge in [0.25, 0.3) is 0 Å². The molecular formula is C21H21Cl3N2O4. The average Bonchev–Trinajstić information content (AvgIpc) is 2.68. The molecule has 2 N–H and O–H groups in total. The lowest BCUT2D eigenvalue weighted by molar-refractivity contribution is -0.124. The Balaban J connectivity index is 1.61. The lowest BCUT2D eigenvalue weighted by atomic mass is 9.90. The van der Waals surface area contributed by atoms with Crippen molar-refractivity contribution in [1.82, 2.24) is 5.32 Å². The van der Waals surface area contributed by atoms with Gasteiger partial charge in [0.1, 0.15) is 6.61 Å². The molecule has 0 unspecified atom stereocenters. The molecule has 1 saturated heterocycles. The molecule has 0 radical (unpaired) electrons. The summed E-state index contributed by atoms with van der Waals surface area (Å²) in [6, 6.07) is 11.9. The van der Waals surface area contributed by atoms with E-state index < -0.39 is 11.6 Å². The molecule has 0 spiro atoms. The van der Waals surface area contributed by atoms with Crippen molar-refractivity contribution in [2.24, 2.45) is 0 Å². The molecule has 1 aliphatic rings. The van der Waals surface area contributed by atoms with E-state index in [4.69, 9.17) is 44.3 Å². The number of ether oxygens (including phenoxy) is 2. The van der Waals surface area contributed by atoms with Crippen molar-refractivity contribution in [3.05, 3.63) is 63.1 Å². The van der Waals surface area contributed by atoms with Crippen LogP contribution in [-0.2, 0) is 20.7 Å². The van der Waals surface area contributed by atoms with E-state index in [0.29, 0.717) is 46.8 Å². The minimum absolute atomic E-state index is 0.00472. The molecule has 30 heavy (non-hydrogen) atoms. The Bertz CT molecular complexity index is 897. The number of carbonyl (C=O) groups is 2. The van der Waals surface area contributed by atoms with Crippen molar-refractivity contribution >= 4 is 52.5 Å². The smallest absolute Gasteiger partial charge is 0.411 e. The highest BCUT2D eigenvalue weighted by Crippen LogP contribution is 2.24. The van der Waals surface area contributed by atoms with E-state index in [1.54, 1.807) is 30.3 Å². The van der Waals surface area contributed by atoms with Gasteiger partial charge in [0, 0.05) is 34.0 Å². The van der Waals surface area contributed by atoms with Crippen LogP contribution in [0.15, 0.2) is 42.5 Å². The van der Waals surface area contributed by atoms with Crippen LogP contribution >= 0.6 is 34.8 Å². The molecule has 0 atom stereocenters. The van der Waals surface area contributed by atoms with Gasteiger partial charge in [-0.25, -0.2) is 4.79 Å². The highest BCUT2D eigenvalue weighted by molar-refractivity contribution is 6.35. The van der Waals surface area contributed by atoms with Gasteiger partial charge < -0.3 is 14.8 Å². The molecule has 2 amide bonds. The first-order valence-electron chi connectivity index (χ1n) is 9.37. The van der Waals surface area contributed by atoms with Crippen LogP contribution in [0.25, 0.3) is 0 Å². The number of halogens is 3. The van der Waals surface area contributed by atoms with E-state index in [0.717, 1.165) is 5.56 Å². The second-order valence-electron chi connectivity index (χ2n) is 7.07. The lowest BCUT2D eigenvalue weighted by Gasteiger charge is -2.37. The number of hydrogen-bond donors (Lipinski definition) is 2. The normalized spacial score (nSPS) is 15.3. The molecule has 9 heteroatoms. The summed E-state index contributed by atoms with van der Waals surface area (Å²) in [6.07, 6.45) is 0.518. The van der Waals surface area contributed by atoms with Crippen LogP contribution in [-0.4, -0.2) is 37.4 Å². The summed E-state index contributed by atoms with van der Waals surface area (Å²) >= 11 is 18.0. The Kier molecular flexibility index (Phi) is 7.83. The van der Waals surface area contributed by atoms with Gasteiger partial charge in [-0.05, 0) is 42.7 Å². The van der Waals surface area contributed by atoms with Gasteiger partial charge in [-0.3, -0.25) is 10.1 Å². The van der Waals surface area contributed by atoms with Crippen LogP contribution in [0, 0.1) is 0 Å². The molecule has 0 aliphatic carbocycles. The first kappa shape index (κ1) is 22.7. The SMILES string of the molecule is O=C(Cc1ccccc1Cl)NC1(COC(=O)Nc2cc(Cl)cc(Cl)c2)CCOCC1. The third kappa shape index (κ3) is 6.51. The number of benzene rings is 2. The van der Waals surface area contributed by atoms with Crippen molar-refractivity contribution < 1.29 is 19.1 Å². The zero-order chi connectivity index (χ0) is 21.6. The summed E-state index contributed by atoms with van der Waals surface area (Å²) in [5.41, 5.74) is 0.441. The highest BCUT2D eigenvalue weighted by Gasteiger charge is 2.36. The van der Waals surface area contributed by atoms with E-state index in [-0.39, 0.29) is 18.9 Å². The van der Waals surface area contributed by atoms with Gasteiger partial charge in [0.15, 0.2) is 0 Å². The van der Waals surface area contributed by atoms with E-state index >= 15 is 0 Å². The van der Waals surface area contributed by atoms with Crippen molar-refractivity contribution in [3.63, 3.8) is 0 Å². The topological polar surface area (TPSA) is 76.7 Å². The van der Waals surface area contributed by atoms with E-state index in [1.165, 1.54) is 0 Å². The molecule has 1 aliphatic heterocycles. The lowest BCUT2D eigenvalue weighted by Crippen LogP contribution is -2.56. The summed E-state index contributed by atoms with van der Waals surface area (Å²) in [5.74, 6) is -0.198. The van der Waals surface area contributed by atoms with Gasteiger partial charge in [-0.15, -0.1) is 0 Å².